The minimum Gasteiger partial charge on any atom is -0.207 e. The molecule has 2 aromatic carbocycles. The Labute approximate surface area is 204 Å². The van der Waals surface area contributed by atoms with Gasteiger partial charge in [0.25, 0.3) is 0 Å². The molecular weight excluding hydrogens is 425 g/mol. The average molecular weight is 466 g/mol. The first-order valence-electron chi connectivity index (χ1n) is 13.1. The number of hydrogen-bond donors (Lipinski definition) is 0. The summed E-state index contributed by atoms with van der Waals surface area (Å²) >= 11 is 1.45. The minimum absolute atomic E-state index is 0.363. The lowest BCUT2D eigenvalue weighted by molar-refractivity contribution is 0.589. The van der Waals surface area contributed by atoms with Crippen LogP contribution in [-0.2, 0) is 12.8 Å². The molecule has 0 saturated heterocycles. The Hall–Kier alpha value is -2.00. The third-order valence-electron chi connectivity index (χ3n) is 6.39. The van der Waals surface area contributed by atoms with Crippen molar-refractivity contribution in [3.05, 3.63) is 65.6 Å². The standard InChI is InChI=1S/C30H40FNS/c1-3-5-7-9-10-11-13-15-24-16-20-26(21-17-24)28-29(31)32-30(33-28)27-22-18-25(19-23-27)14-12-8-6-4-2/h16-23H,3-15H2,1-2H3. The molecule has 0 spiro atoms. The summed E-state index contributed by atoms with van der Waals surface area (Å²) in [5.41, 5.74) is 4.61. The van der Waals surface area contributed by atoms with Crippen molar-refractivity contribution in [3.63, 3.8) is 0 Å². The molecule has 1 heterocycles. The summed E-state index contributed by atoms with van der Waals surface area (Å²) in [5.74, 6) is -0.363. The molecule has 33 heavy (non-hydrogen) atoms. The number of rotatable bonds is 15. The molecule has 3 aromatic rings. The first-order chi connectivity index (χ1) is 16.2. The Bertz CT molecular complexity index is 927. The molecule has 1 nitrogen and oxygen atoms in total. The summed E-state index contributed by atoms with van der Waals surface area (Å²) in [6.45, 7) is 4.50. The lowest BCUT2D eigenvalue weighted by atomic mass is 10.0. The number of aromatic nitrogens is 1. The van der Waals surface area contributed by atoms with Gasteiger partial charge in [-0.2, -0.15) is 4.39 Å². The zero-order valence-electron chi connectivity index (χ0n) is 20.5. The van der Waals surface area contributed by atoms with Crippen LogP contribution in [0.5, 0.6) is 0 Å². The van der Waals surface area contributed by atoms with Gasteiger partial charge in [-0.05, 0) is 42.4 Å². The molecule has 0 saturated carbocycles. The molecule has 0 radical (unpaired) electrons. The van der Waals surface area contributed by atoms with Crippen molar-refractivity contribution in [3.8, 4) is 21.0 Å². The Morgan fingerprint density at radius 1 is 0.606 bits per heavy atom. The number of hydrogen-bond acceptors (Lipinski definition) is 2. The summed E-state index contributed by atoms with van der Waals surface area (Å²) in [5, 5.41) is 0.757. The molecule has 0 aliphatic heterocycles. The number of halogens is 1. The van der Waals surface area contributed by atoms with Gasteiger partial charge in [-0.1, -0.05) is 120 Å². The Balaban J connectivity index is 1.53. The van der Waals surface area contributed by atoms with Crippen molar-refractivity contribution in [2.75, 3.05) is 0 Å². The van der Waals surface area contributed by atoms with Gasteiger partial charge < -0.3 is 0 Å². The molecule has 0 aliphatic rings. The van der Waals surface area contributed by atoms with Crippen molar-refractivity contribution in [1.29, 1.82) is 0 Å². The van der Waals surface area contributed by atoms with Gasteiger partial charge in [-0.15, -0.1) is 11.3 Å². The molecular formula is C30H40FNS. The van der Waals surface area contributed by atoms with Gasteiger partial charge in [-0.3, -0.25) is 0 Å². The van der Waals surface area contributed by atoms with Gasteiger partial charge in [0.05, 0.1) is 4.88 Å². The quantitative estimate of drug-likeness (QED) is 0.203. The molecule has 0 aliphatic carbocycles. The number of thiazole rings is 1. The van der Waals surface area contributed by atoms with E-state index < -0.39 is 0 Å². The smallest absolute Gasteiger partial charge is 0.207 e. The molecule has 3 rings (SSSR count). The van der Waals surface area contributed by atoms with Gasteiger partial charge in [0, 0.05) is 5.56 Å². The number of unbranched alkanes of at least 4 members (excludes halogenated alkanes) is 9. The fourth-order valence-electron chi connectivity index (χ4n) is 4.28. The lowest BCUT2D eigenvalue weighted by Crippen LogP contribution is -1.87. The highest BCUT2D eigenvalue weighted by Crippen LogP contribution is 2.35. The molecule has 0 N–H and O–H groups in total. The topological polar surface area (TPSA) is 12.9 Å². The second kappa shape index (κ2) is 14.3. The summed E-state index contributed by atoms with van der Waals surface area (Å²) in [6.07, 6.45) is 16.6. The van der Waals surface area contributed by atoms with E-state index >= 15 is 0 Å². The normalized spacial score (nSPS) is 11.2. The van der Waals surface area contributed by atoms with Crippen LogP contribution >= 0.6 is 11.3 Å². The third kappa shape index (κ3) is 8.37. The van der Waals surface area contributed by atoms with Crippen molar-refractivity contribution in [2.45, 2.75) is 97.3 Å². The molecule has 3 heteroatoms. The van der Waals surface area contributed by atoms with Crippen LogP contribution in [0, 0.1) is 5.95 Å². The van der Waals surface area contributed by atoms with Crippen molar-refractivity contribution in [2.24, 2.45) is 0 Å². The van der Waals surface area contributed by atoms with E-state index in [9.17, 15) is 4.39 Å². The maximum Gasteiger partial charge on any atom is 0.232 e. The van der Waals surface area contributed by atoms with E-state index in [0.717, 1.165) is 29.0 Å². The summed E-state index contributed by atoms with van der Waals surface area (Å²) in [7, 11) is 0. The zero-order chi connectivity index (χ0) is 23.3. The summed E-state index contributed by atoms with van der Waals surface area (Å²) in [4.78, 5) is 4.87. The highest BCUT2D eigenvalue weighted by atomic mass is 32.1. The van der Waals surface area contributed by atoms with Crippen LogP contribution in [0.4, 0.5) is 4.39 Å². The second-order valence-corrected chi connectivity index (χ2v) is 10.2. The van der Waals surface area contributed by atoms with Crippen LogP contribution in [0.15, 0.2) is 48.5 Å². The van der Waals surface area contributed by atoms with E-state index in [-0.39, 0.29) is 5.95 Å². The van der Waals surface area contributed by atoms with Crippen LogP contribution in [0.3, 0.4) is 0 Å². The van der Waals surface area contributed by atoms with E-state index in [0.29, 0.717) is 4.88 Å². The molecule has 0 fully saturated rings. The maximum absolute atomic E-state index is 14.7. The molecule has 0 unspecified atom stereocenters. The SMILES string of the molecule is CCCCCCCCCc1ccc(-c2sc(-c3ccc(CCCCCC)cc3)nc2F)cc1. The Kier molecular flexibility index (Phi) is 11.1. The van der Waals surface area contributed by atoms with E-state index in [4.69, 9.17) is 0 Å². The van der Waals surface area contributed by atoms with Crippen LogP contribution in [0.1, 0.15) is 95.6 Å². The summed E-state index contributed by atoms with van der Waals surface area (Å²) < 4.78 is 14.7. The summed E-state index contributed by atoms with van der Waals surface area (Å²) in [6, 6.07) is 16.9. The number of nitrogens with zero attached hydrogens (tertiary/aromatic N) is 1. The van der Waals surface area contributed by atoms with Gasteiger partial charge in [0.15, 0.2) is 0 Å². The third-order valence-corrected chi connectivity index (χ3v) is 7.52. The van der Waals surface area contributed by atoms with E-state index in [1.54, 1.807) is 0 Å². The van der Waals surface area contributed by atoms with E-state index in [1.807, 2.05) is 0 Å². The largest absolute Gasteiger partial charge is 0.232 e. The number of aryl methyl sites for hydroxylation is 2. The van der Waals surface area contributed by atoms with Gasteiger partial charge in [0.1, 0.15) is 5.01 Å². The van der Waals surface area contributed by atoms with Crippen LogP contribution in [0.25, 0.3) is 21.0 Å². The molecule has 0 bridgehead atoms. The highest BCUT2D eigenvalue weighted by Gasteiger charge is 2.14. The molecule has 0 atom stereocenters. The maximum atomic E-state index is 14.7. The fourth-order valence-corrected chi connectivity index (χ4v) is 5.24. The zero-order valence-corrected chi connectivity index (χ0v) is 21.4. The molecule has 178 valence electrons. The molecule has 0 amide bonds. The van der Waals surface area contributed by atoms with Crippen molar-refractivity contribution in [1.82, 2.24) is 4.98 Å². The first-order valence-corrected chi connectivity index (χ1v) is 13.9. The second-order valence-electron chi connectivity index (χ2n) is 9.21. The highest BCUT2D eigenvalue weighted by molar-refractivity contribution is 7.18. The van der Waals surface area contributed by atoms with Crippen molar-refractivity contribution < 1.29 is 4.39 Å². The Morgan fingerprint density at radius 3 is 1.61 bits per heavy atom. The van der Waals surface area contributed by atoms with Gasteiger partial charge in [-0.25, -0.2) is 4.98 Å². The van der Waals surface area contributed by atoms with Crippen molar-refractivity contribution >= 4 is 11.3 Å². The van der Waals surface area contributed by atoms with E-state index in [1.165, 1.54) is 93.1 Å². The van der Waals surface area contributed by atoms with Gasteiger partial charge >= 0.3 is 0 Å². The first kappa shape index (κ1) is 25.6. The van der Waals surface area contributed by atoms with Gasteiger partial charge in [0.2, 0.25) is 5.95 Å². The minimum atomic E-state index is -0.363. The molecule has 1 aromatic heterocycles. The predicted molar refractivity (Wildman–Crippen MR) is 142 cm³/mol. The average Bonchev–Trinajstić information content (AvgIpc) is 3.23. The predicted octanol–water partition coefficient (Wildman–Crippen LogP) is 10.0. The van der Waals surface area contributed by atoms with Crippen LogP contribution in [-0.4, -0.2) is 4.98 Å². The monoisotopic (exact) mass is 465 g/mol. The van der Waals surface area contributed by atoms with Crippen LogP contribution in [0.2, 0.25) is 0 Å². The van der Waals surface area contributed by atoms with E-state index in [2.05, 4.69) is 67.4 Å². The fraction of sp³-hybridized carbons (Fsp3) is 0.500. The number of benzene rings is 2. The Morgan fingerprint density at radius 2 is 1.06 bits per heavy atom. The lowest BCUT2D eigenvalue weighted by Gasteiger charge is -2.04. The van der Waals surface area contributed by atoms with Crippen LogP contribution < -0.4 is 0 Å².